The maximum atomic E-state index is 4.14. The fraction of sp³-hybridized carbons (Fsp3) is 0.545. The standard InChI is InChI=1S/C11H14BrN/c12-11-5-1-4-10(11)7-9-3-2-6-13-8-9/h2-3,6,8,10-11H,1,4-5,7H2. The van der Waals surface area contributed by atoms with Crippen molar-refractivity contribution in [2.75, 3.05) is 0 Å². The molecule has 0 spiro atoms. The van der Waals surface area contributed by atoms with E-state index in [9.17, 15) is 0 Å². The minimum Gasteiger partial charge on any atom is -0.264 e. The highest BCUT2D eigenvalue weighted by molar-refractivity contribution is 9.09. The van der Waals surface area contributed by atoms with Crippen molar-refractivity contribution in [1.29, 1.82) is 0 Å². The molecule has 1 aliphatic rings. The Hall–Kier alpha value is -0.370. The quantitative estimate of drug-likeness (QED) is 0.723. The van der Waals surface area contributed by atoms with E-state index in [1.54, 1.807) is 0 Å². The van der Waals surface area contributed by atoms with E-state index in [2.05, 4.69) is 27.0 Å². The number of nitrogens with zero attached hydrogens (tertiary/aromatic N) is 1. The Kier molecular flexibility index (Phi) is 2.99. The topological polar surface area (TPSA) is 12.9 Å². The van der Waals surface area contributed by atoms with Crippen LogP contribution in [0.2, 0.25) is 0 Å². The van der Waals surface area contributed by atoms with Gasteiger partial charge in [-0.25, -0.2) is 0 Å². The maximum absolute atomic E-state index is 4.14. The van der Waals surface area contributed by atoms with Gasteiger partial charge in [0.15, 0.2) is 0 Å². The van der Waals surface area contributed by atoms with Crippen LogP contribution in [0.15, 0.2) is 24.5 Å². The van der Waals surface area contributed by atoms with Gasteiger partial charge in [-0.1, -0.05) is 28.4 Å². The molecule has 1 aromatic heterocycles. The fourth-order valence-corrected chi connectivity index (χ4v) is 2.82. The van der Waals surface area contributed by atoms with Crippen molar-refractivity contribution in [3.05, 3.63) is 30.1 Å². The van der Waals surface area contributed by atoms with Crippen molar-refractivity contribution in [1.82, 2.24) is 4.98 Å². The number of aromatic nitrogens is 1. The molecule has 0 aromatic carbocycles. The smallest absolute Gasteiger partial charge is 0.0299 e. The molecule has 2 unspecified atom stereocenters. The number of pyridine rings is 1. The average molecular weight is 240 g/mol. The first-order valence-corrected chi connectivity index (χ1v) is 5.81. The molecule has 1 fully saturated rings. The van der Waals surface area contributed by atoms with Gasteiger partial charge < -0.3 is 0 Å². The Morgan fingerprint density at radius 1 is 1.46 bits per heavy atom. The molecule has 1 nitrogen and oxygen atoms in total. The molecule has 13 heavy (non-hydrogen) atoms. The molecule has 0 amide bonds. The second kappa shape index (κ2) is 4.23. The molecule has 2 atom stereocenters. The van der Waals surface area contributed by atoms with Crippen LogP contribution >= 0.6 is 15.9 Å². The van der Waals surface area contributed by atoms with Gasteiger partial charge in [-0.05, 0) is 36.8 Å². The zero-order valence-electron chi connectivity index (χ0n) is 7.62. The summed E-state index contributed by atoms with van der Waals surface area (Å²) in [5.74, 6) is 0.823. The van der Waals surface area contributed by atoms with Crippen LogP contribution in [0.1, 0.15) is 24.8 Å². The van der Waals surface area contributed by atoms with Crippen LogP contribution in [0, 0.1) is 5.92 Å². The van der Waals surface area contributed by atoms with E-state index < -0.39 is 0 Å². The largest absolute Gasteiger partial charge is 0.264 e. The van der Waals surface area contributed by atoms with Gasteiger partial charge in [0.1, 0.15) is 0 Å². The van der Waals surface area contributed by atoms with E-state index in [4.69, 9.17) is 0 Å². The van der Waals surface area contributed by atoms with Crippen LogP contribution in [0.25, 0.3) is 0 Å². The summed E-state index contributed by atoms with van der Waals surface area (Å²) in [6.45, 7) is 0. The highest BCUT2D eigenvalue weighted by atomic mass is 79.9. The molecule has 1 heterocycles. The summed E-state index contributed by atoms with van der Waals surface area (Å²) in [4.78, 5) is 4.87. The molecule has 0 aliphatic heterocycles. The molecule has 2 rings (SSSR count). The predicted octanol–water partition coefficient (Wildman–Crippen LogP) is 3.19. The van der Waals surface area contributed by atoms with E-state index in [0.29, 0.717) is 0 Å². The predicted molar refractivity (Wildman–Crippen MR) is 58.0 cm³/mol. The molecule has 2 heteroatoms. The first-order chi connectivity index (χ1) is 6.36. The molecule has 70 valence electrons. The van der Waals surface area contributed by atoms with Gasteiger partial charge in [0, 0.05) is 17.2 Å². The molecular formula is C11H14BrN. The van der Waals surface area contributed by atoms with E-state index in [0.717, 1.165) is 10.7 Å². The third-order valence-corrected chi connectivity index (χ3v) is 3.99. The van der Waals surface area contributed by atoms with E-state index in [1.165, 1.54) is 31.2 Å². The lowest BCUT2D eigenvalue weighted by Crippen LogP contribution is -2.09. The van der Waals surface area contributed by atoms with Crippen molar-refractivity contribution in [2.45, 2.75) is 30.5 Å². The van der Waals surface area contributed by atoms with Crippen LogP contribution in [0.5, 0.6) is 0 Å². The van der Waals surface area contributed by atoms with Gasteiger partial charge in [0.2, 0.25) is 0 Å². The summed E-state index contributed by atoms with van der Waals surface area (Å²) in [7, 11) is 0. The molecule has 0 saturated heterocycles. The Morgan fingerprint density at radius 3 is 3.00 bits per heavy atom. The van der Waals surface area contributed by atoms with Crippen molar-refractivity contribution in [2.24, 2.45) is 5.92 Å². The molecule has 0 N–H and O–H groups in total. The minimum atomic E-state index is 0.729. The SMILES string of the molecule is BrC1CCCC1Cc1cccnc1. The number of alkyl halides is 1. The minimum absolute atomic E-state index is 0.729. The van der Waals surface area contributed by atoms with Crippen molar-refractivity contribution < 1.29 is 0 Å². The lowest BCUT2D eigenvalue weighted by atomic mass is 9.99. The maximum Gasteiger partial charge on any atom is 0.0299 e. The molecule has 0 radical (unpaired) electrons. The highest BCUT2D eigenvalue weighted by Crippen LogP contribution is 2.33. The number of halogens is 1. The average Bonchev–Trinajstić information content (AvgIpc) is 2.54. The summed E-state index contributed by atoms with van der Waals surface area (Å²) in [6.07, 6.45) is 9.09. The van der Waals surface area contributed by atoms with Gasteiger partial charge in [-0.2, -0.15) is 0 Å². The van der Waals surface area contributed by atoms with E-state index in [1.807, 2.05) is 18.5 Å². The first kappa shape index (κ1) is 9.20. The first-order valence-electron chi connectivity index (χ1n) is 4.89. The summed E-state index contributed by atoms with van der Waals surface area (Å²) in [5.41, 5.74) is 1.37. The second-order valence-electron chi connectivity index (χ2n) is 3.77. The van der Waals surface area contributed by atoms with Gasteiger partial charge in [0.05, 0.1) is 0 Å². The van der Waals surface area contributed by atoms with Crippen LogP contribution in [-0.4, -0.2) is 9.81 Å². The number of hydrogen-bond acceptors (Lipinski definition) is 1. The van der Waals surface area contributed by atoms with Gasteiger partial charge in [0.25, 0.3) is 0 Å². The second-order valence-corrected chi connectivity index (χ2v) is 4.95. The lowest BCUT2D eigenvalue weighted by Gasteiger charge is -2.12. The summed E-state index contributed by atoms with van der Waals surface area (Å²) < 4.78 is 0. The Bertz CT molecular complexity index is 260. The van der Waals surface area contributed by atoms with Gasteiger partial charge in [-0.15, -0.1) is 0 Å². The molecule has 0 bridgehead atoms. The Morgan fingerprint density at radius 2 is 2.38 bits per heavy atom. The highest BCUT2D eigenvalue weighted by Gasteiger charge is 2.24. The summed E-state index contributed by atoms with van der Waals surface area (Å²) in [5, 5.41) is 0. The monoisotopic (exact) mass is 239 g/mol. The normalized spacial score (nSPS) is 27.8. The van der Waals surface area contributed by atoms with Crippen molar-refractivity contribution in [3.8, 4) is 0 Å². The Labute approximate surface area is 87.7 Å². The number of rotatable bonds is 2. The van der Waals surface area contributed by atoms with Gasteiger partial charge in [-0.3, -0.25) is 4.98 Å². The molecule has 1 aliphatic carbocycles. The summed E-state index contributed by atoms with van der Waals surface area (Å²) in [6, 6.07) is 4.19. The molecular weight excluding hydrogens is 226 g/mol. The Balaban J connectivity index is 1.98. The molecule has 1 saturated carbocycles. The van der Waals surface area contributed by atoms with Gasteiger partial charge >= 0.3 is 0 Å². The third kappa shape index (κ3) is 2.31. The van der Waals surface area contributed by atoms with Crippen LogP contribution in [-0.2, 0) is 6.42 Å². The van der Waals surface area contributed by atoms with Crippen LogP contribution in [0.3, 0.4) is 0 Å². The zero-order valence-corrected chi connectivity index (χ0v) is 9.20. The van der Waals surface area contributed by atoms with E-state index in [-0.39, 0.29) is 0 Å². The molecule has 1 aromatic rings. The van der Waals surface area contributed by atoms with Crippen LogP contribution < -0.4 is 0 Å². The zero-order chi connectivity index (χ0) is 9.10. The lowest BCUT2D eigenvalue weighted by molar-refractivity contribution is 0.562. The van der Waals surface area contributed by atoms with Crippen molar-refractivity contribution >= 4 is 15.9 Å². The summed E-state index contributed by atoms with van der Waals surface area (Å²) >= 11 is 3.74. The number of hydrogen-bond donors (Lipinski definition) is 0. The van der Waals surface area contributed by atoms with Crippen LogP contribution in [0.4, 0.5) is 0 Å². The third-order valence-electron chi connectivity index (χ3n) is 2.79. The van der Waals surface area contributed by atoms with E-state index >= 15 is 0 Å². The fourth-order valence-electron chi connectivity index (χ4n) is 2.04. The van der Waals surface area contributed by atoms with Crippen molar-refractivity contribution in [3.63, 3.8) is 0 Å².